The van der Waals surface area contributed by atoms with Crippen LogP contribution in [0.2, 0.25) is 10.0 Å². The molecule has 2 aromatic rings. The fourth-order valence-corrected chi connectivity index (χ4v) is 4.75. The van der Waals surface area contributed by atoms with E-state index in [0.717, 1.165) is 11.6 Å². The molecule has 30 heavy (non-hydrogen) atoms. The quantitative estimate of drug-likeness (QED) is 0.602. The number of hydrogen-bond donors (Lipinski definition) is 1. The molecule has 6 nitrogen and oxygen atoms in total. The summed E-state index contributed by atoms with van der Waals surface area (Å²) in [4.78, 5) is 34.6. The second-order valence-corrected chi connectivity index (χ2v) is 9.49. The number of ketones is 1. The van der Waals surface area contributed by atoms with Crippen molar-refractivity contribution in [3.8, 4) is 0 Å². The highest BCUT2D eigenvalue weighted by molar-refractivity contribution is 7.14. The Kier molecular flexibility index (Phi) is 6.87. The third-order valence-corrected chi connectivity index (χ3v) is 6.73. The molecule has 0 saturated heterocycles. The van der Waals surface area contributed by atoms with E-state index in [9.17, 15) is 14.7 Å². The number of nitrogens with zero attached hydrogens (tertiary/aromatic N) is 3. The maximum Gasteiger partial charge on any atom is 0.290 e. The lowest BCUT2D eigenvalue weighted by molar-refractivity contribution is -0.129. The van der Waals surface area contributed by atoms with Crippen molar-refractivity contribution in [2.45, 2.75) is 26.3 Å². The van der Waals surface area contributed by atoms with E-state index in [4.69, 9.17) is 23.2 Å². The average Bonchev–Trinajstić information content (AvgIpc) is 3.14. The first-order valence-electron chi connectivity index (χ1n) is 9.44. The molecular formula is C21H23Cl2N3O3S. The number of Topliss-reactive ketones (excluding diaryl/α,β-unsaturated/α-hetero) is 1. The van der Waals surface area contributed by atoms with Crippen molar-refractivity contribution in [1.29, 1.82) is 0 Å². The number of carbonyl (C=O) groups excluding carboxylic acids is 2. The molecule has 2 heterocycles. The van der Waals surface area contributed by atoms with Gasteiger partial charge in [0.2, 0.25) is 5.78 Å². The Morgan fingerprint density at radius 2 is 1.97 bits per heavy atom. The molecule has 160 valence electrons. The summed E-state index contributed by atoms with van der Waals surface area (Å²) in [7, 11) is 3.89. The first-order valence-corrected chi connectivity index (χ1v) is 11.0. The minimum atomic E-state index is -0.747. The van der Waals surface area contributed by atoms with E-state index < -0.39 is 23.5 Å². The lowest BCUT2D eigenvalue weighted by atomic mass is 9.95. The van der Waals surface area contributed by atoms with Gasteiger partial charge in [0.05, 0.1) is 37.2 Å². The summed E-state index contributed by atoms with van der Waals surface area (Å²) in [6.45, 7) is 4.69. The molecule has 0 fully saturated rings. The highest BCUT2D eigenvalue weighted by Crippen LogP contribution is 2.41. The fourth-order valence-electron chi connectivity index (χ4n) is 3.57. The summed E-state index contributed by atoms with van der Waals surface area (Å²) in [5.74, 6) is -1.48. The van der Waals surface area contributed by atoms with Crippen LogP contribution in [0.3, 0.4) is 0 Å². The normalized spacial score (nSPS) is 16.8. The van der Waals surface area contributed by atoms with Gasteiger partial charge >= 0.3 is 0 Å². The van der Waals surface area contributed by atoms with Crippen LogP contribution in [0.5, 0.6) is 0 Å². The number of aliphatic hydroxyl groups is 1. The minimum Gasteiger partial charge on any atom is -0.503 e. The van der Waals surface area contributed by atoms with Crippen molar-refractivity contribution in [2.75, 3.05) is 27.2 Å². The van der Waals surface area contributed by atoms with Crippen molar-refractivity contribution in [1.82, 2.24) is 14.8 Å². The lowest BCUT2D eigenvalue weighted by Gasteiger charge is -2.27. The van der Waals surface area contributed by atoms with Crippen LogP contribution in [-0.2, 0) is 4.79 Å². The summed E-state index contributed by atoms with van der Waals surface area (Å²) < 4.78 is 0. The summed E-state index contributed by atoms with van der Waals surface area (Å²) in [5, 5.41) is 12.1. The van der Waals surface area contributed by atoms with E-state index in [0.29, 0.717) is 39.1 Å². The second-order valence-electron chi connectivity index (χ2n) is 7.47. The number of rotatable bonds is 7. The maximum absolute atomic E-state index is 13.4. The topological polar surface area (TPSA) is 73.7 Å². The molecule has 9 heteroatoms. The predicted octanol–water partition coefficient (Wildman–Crippen LogP) is 4.60. The van der Waals surface area contributed by atoms with Crippen LogP contribution in [0.4, 0.5) is 0 Å². The average molecular weight is 468 g/mol. The molecule has 1 aromatic heterocycles. The van der Waals surface area contributed by atoms with E-state index in [1.54, 1.807) is 25.1 Å². The maximum atomic E-state index is 13.4. The van der Waals surface area contributed by atoms with Gasteiger partial charge in [0.15, 0.2) is 5.76 Å². The van der Waals surface area contributed by atoms with Crippen LogP contribution >= 0.6 is 34.5 Å². The zero-order valence-electron chi connectivity index (χ0n) is 17.2. The highest BCUT2D eigenvalue weighted by atomic mass is 35.5. The van der Waals surface area contributed by atoms with Crippen LogP contribution in [0.15, 0.2) is 29.5 Å². The standard InChI is InChI=1S/C21H23Cl2N3O3S/c1-11-20(30-12(2)24-11)18(27)16-17(13-6-7-14(22)15(23)10-13)26(21(29)19(16)28)9-5-8-25(3)4/h6-7,10,17,28H,5,8-9H2,1-4H3/t17-/m0/s1. The summed E-state index contributed by atoms with van der Waals surface area (Å²) >= 11 is 13.5. The fraction of sp³-hybridized carbons (Fsp3) is 0.381. The minimum absolute atomic E-state index is 0.0509. The molecular weight excluding hydrogens is 445 g/mol. The molecule has 0 bridgehead atoms. The van der Waals surface area contributed by atoms with E-state index >= 15 is 0 Å². The Bertz CT molecular complexity index is 1030. The van der Waals surface area contributed by atoms with Gasteiger partial charge in [-0.15, -0.1) is 11.3 Å². The zero-order valence-corrected chi connectivity index (χ0v) is 19.5. The van der Waals surface area contributed by atoms with E-state index in [2.05, 4.69) is 4.98 Å². The van der Waals surface area contributed by atoms with Gasteiger partial charge in [-0.25, -0.2) is 4.98 Å². The molecule has 1 atom stereocenters. The number of hydrogen-bond acceptors (Lipinski definition) is 6. The van der Waals surface area contributed by atoms with Crippen LogP contribution < -0.4 is 0 Å². The van der Waals surface area contributed by atoms with Gasteiger partial charge in [-0.2, -0.15) is 0 Å². The van der Waals surface area contributed by atoms with Gasteiger partial charge in [0.25, 0.3) is 5.91 Å². The Labute approximate surface area is 189 Å². The smallest absolute Gasteiger partial charge is 0.290 e. The zero-order chi connectivity index (χ0) is 22.2. The molecule has 0 aliphatic carbocycles. The van der Waals surface area contributed by atoms with Crippen molar-refractivity contribution in [3.63, 3.8) is 0 Å². The van der Waals surface area contributed by atoms with Crippen LogP contribution in [0, 0.1) is 13.8 Å². The van der Waals surface area contributed by atoms with Crippen molar-refractivity contribution in [3.05, 3.63) is 60.7 Å². The second kappa shape index (κ2) is 9.06. The Morgan fingerprint density at radius 3 is 2.53 bits per heavy atom. The summed E-state index contributed by atoms with van der Waals surface area (Å²) in [6, 6.07) is 4.24. The number of aliphatic hydroxyl groups excluding tert-OH is 1. The van der Waals surface area contributed by atoms with Crippen molar-refractivity contribution in [2.24, 2.45) is 0 Å². The SMILES string of the molecule is Cc1nc(C)c(C(=O)C2=C(O)C(=O)N(CCCN(C)C)[C@H]2c2ccc(Cl)c(Cl)c2)s1. The highest BCUT2D eigenvalue weighted by Gasteiger charge is 2.44. The van der Waals surface area contributed by atoms with Crippen molar-refractivity contribution >= 4 is 46.2 Å². The van der Waals surface area contributed by atoms with Crippen LogP contribution in [0.1, 0.15) is 38.4 Å². The number of amides is 1. The number of thiazole rings is 1. The Balaban J connectivity index is 2.07. The third kappa shape index (κ3) is 4.39. The summed E-state index contributed by atoms with van der Waals surface area (Å²) in [5.41, 5.74) is 1.25. The number of carbonyl (C=O) groups is 2. The van der Waals surface area contributed by atoms with E-state index in [-0.39, 0.29) is 5.57 Å². The molecule has 0 saturated carbocycles. The summed E-state index contributed by atoms with van der Waals surface area (Å²) in [6.07, 6.45) is 0.685. The van der Waals surface area contributed by atoms with Gasteiger partial charge < -0.3 is 14.9 Å². The molecule has 3 rings (SSSR count). The van der Waals surface area contributed by atoms with Crippen LogP contribution in [0.25, 0.3) is 0 Å². The predicted molar refractivity (Wildman–Crippen MR) is 120 cm³/mol. The molecule has 0 spiro atoms. The van der Waals surface area contributed by atoms with Crippen molar-refractivity contribution < 1.29 is 14.7 Å². The largest absolute Gasteiger partial charge is 0.503 e. The van der Waals surface area contributed by atoms with E-state index in [1.165, 1.54) is 16.2 Å². The van der Waals surface area contributed by atoms with Gasteiger partial charge in [-0.1, -0.05) is 29.3 Å². The first-order chi connectivity index (χ1) is 14.1. The van der Waals surface area contributed by atoms with E-state index in [1.807, 2.05) is 25.9 Å². The number of benzene rings is 1. The lowest BCUT2D eigenvalue weighted by Crippen LogP contribution is -2.33. The molecule has 1 amide bonds. The van der Waals surface area contributed by atoms with Gasteiger partial charge in [0.1, 0.15) is 0 Å². The molecule has 0 unspecified atom stereocenters. The molecule has 1 aromatic carbocycles. The monoisotopic (exact) mass is 467 g/mol. The van der Waals surface area contributed by atoms with Gasteiger partial charge in [-0.3, -0.25) is 9.59 Å². The molecule has 1 aliphatic rings. The Morgan fingerprint density at radius 1 is 1.27 bits per heavy atom. The Hall–Kier alpha value is -1.93. The molecule has 1 aliphatic heterocycles. The third-order valence-electron chi connectivity index (χ3n) is 4.92. The molecule has 1 N–H and O–H groups in total. The van der Waals surface area contributed by atoms with Gasteiger partial charge in [0, 0.05) is 6.54 Å². The number of halogens is 2. The number of aromatic nitrogens is 1. The molecule has 0 radical (unpaired) electrons. The van der Waals surface area contributed by atoms with Crippen LogP contribution in [-0.4, -0.2) is 58.8 Å². The first kappa shape index (κ1) is 22.7. The van der Waals surface area contributed by atoms with Gasteiger partial charge in [-0.05, 0) is 58.6 Å². The number of aryl methyl sites for hydroxylation is 2.